The summed E-state index contributed by atoms with van der Waals surface area (Å²) in [6.07, 6.45) is 0. The lowest BCUT2D eigenvalue weighted by Gasteiger charge is -2.15. The van der Waals surface area contributed by atoms with E-state index in [-0.39, 0.29) is 6.04 Å². The average molecular weight is 238 g/mol. The first-order chi connectivity index (χ1) is 8.69. The molecule has 1 unspecified atom stereocenters. The Balaban J connectivity index is 2.12. The predicted octanol–water partition coefficient (Wildman–Crippen LogP) is 2.71. The normalized spacial score (nSPS) is 11.6. The van der Waals surface area contributed by atoms with Gasteiger partial charge >= 0.3 is 0 Å². The molecule has 90 valence electrons. The summed E-state index contributed by atoms with van der Waals surface area (Å²) in [6, 6.07) is 15.2. The second kappa shape index (κ2) is 5.19. The molecule has 0 saturated heterocycles. The van der Waals surface area contributed by atoms with Gasteiger partial charge in [-0.2, -0.15) is 5.26 Å². The van der Waals surface area contributed by atoms with E-state index in [2.05, 4.69) is 16.4 Å². The van der Waals surface area contributed by atoms with Crippen LogP contribution >= 0.6 is 0 Å². The van der Waals surface area contributed by atoms with Crippen LogP contribution in [-0.2, 0) is 0 Å². The van der Waals surface area contributed by atoms with Crippen molar-refractivity contribution in [1.29, 1.82) is 5.26 Å². The zero-order valence-electron chi connectivity index (χ0n) is 10.1. The van der Waals surface area contributed by atoms with Gasteiger partial charge in [0.25, 0.3) is 0 Å². The van der Waals surface area contributed by atoms with Crippen LogP contribution in [0.2, 0.25) is 0 Å². The summed E-state index contributed by atoms with van der Waals surface area (Å²) in [5.41, 5.74) is 7.38. The molecule has 18 heavy (non-hydrogen) atoms. The van der Waals surface area contributed by atoms with Gasteiger partial charge in [0.1, 0.15) is 11.6 Å². The van der Waals surface area contributed by atoms with Gasteiger partial charge in [0.2, 0.25) is 0 Å². The van der Waals surface area contributed by atoms with Gasteiger partial charge in [0, 0.05) is 6.04 Å². The van der Waals surface area contributed by atoms with Gasteiger partial charge in [-0.15, -0.1) is 0 Å². The molecule has 0 spiro atoms. The minimum Gasteiger partial charge on any atom is -0.384 e. The van der Waals surface area contributed by atoms with Crippen LogP contribution in [0.4, 0.5) is 11.6 Å². The summed E-state index contributed by atoms with van der Waals surface area (Å²) in [4.78, 5) is 4.19. The van der Waals surface area contributed by atoms with Crippen LogP contribution in [-0.4, -0.2) is 4.98 Å². The Hall–Kier alpha value is -2.54. The molecule has 0 radical (unpaired) electrons. The molecule has 1 heterocycles. The molecule has 3 N–H and O–H groups in total. The Morgan fingerprint density at radius 1 is 1.22 bits per heavy atom. The molecule has 4 heteroatoms. The molecule has 0 fully saturated rings. The standard InChI is InChI=1S/C14H14N4/c1-10(12-7-5-11(9-15)6-8-12)17-14-4-2-3-13(16)18-14/h2-8,10H,1H3,(H3,16,17,18). The summed E-state index contributed by atoms with van der Waals surface area (Å²) in [7, 11) is 0. The smallest absolute Gasteiger partial charge is 0.128 e. The Labute approximate surface area is 106 Å². The van der Waals surface area contributed by atoms with Crippen LogP contribution in [0.15, 0.2) is 42.5 Å². The Morgan fingerprint density at radius 2 is 1.94 bits per heavy atom. The molecule has 0 aliphatic rings. The third kappa shape index (κ3) is 2.77. The Morgan fingerprint density at radius 3 is 2.56 bits per heavy atom. The van der Waals surface area contributed by atoms with E-state index in [0.29, 0.717) is 11.4 Å². The molecule has 0 amide bonds. The van der Waals surface area contributed by atoms with Gasteiger partial charge in [0.15, 0.2) is 0 Å². The maximum atomic E-state index is 8.74. The summed E-state index contributed by atoms with van der Waals surface area (Å²) in [5, 5.41) is 12.0. The van der Waals surface area contributed by atoms with E-state index in [9.17, 15) is 0 Å². The summed E-state index contributed by atoms with van der Waals surface area (Å²) >= 11 is 0. The fourth-order valence-corrected chi connectivity index (χ4v) is 1.68. The molecule has 1 atom stereocenters. The molecule has 4 nitrogen and oxygen atoms in total. The summed E-state index contributed by atoms with van der Waals surface area (Å²) in [5.74, 6) is 1.24. The van der Waals surface area contributed by atoms with E-state index in [1.807, 2.05) is 31.2 Å². The summed E-state index contributed by atoms with van der Waals surface area (Å²) < 4.78 is 0. The highest BCUT2D eigenvalue weighted by molar-refractivity contribution is 5.44. The highest BCUT2D eigenvalue weighted by Crippen LogP contribution is 2.18. The Bertz CT molecular complexity index is 569. The van der Waals surface area contributed by atoms with E-state index >= 15 is 0 Å². The number of anilines is 2. The molecule has 1 aromatic carbocycles. The lowest BCUT2D eigenvalue weighted by Crippen LogP contribution is -2.08. The van der Waals surface area contributed by atoms with Gasteiger partial charge in [0.05, 0.1) is 11.6 Å². The van der Waals surface area contributed by atoms with Crippen molar-refractivity contribution in [3.63, 3.8) is 0 Å². The fourth-order valence-electron chi connectivity index (χ4n) is 1.68. The van der Waals surface area contributed by atoms with Crippen molar-refractivity contribution in [2.75, 3.05) is 11.1 Å². The van der Waals surface area contributed by atoms with Crippen molar-refractivity contribution >= 4 is 11.6 Å². The quantitative estimate of drug-likeness (QED) is 0.862. The van der Waals surface area contributed by atoms with Crippen molar-refractivity contribution in [3.05, 3.63) is 53.6 Å². The highest BCUT2D eigenvalue weighted by atomic mass is 15.0. The van der Waals surface area contributed by atoms with Crippen LogP contribution < -0.4 is 11.1 Å². The van der Waals surface area contributed by atoms with Crippen LogP contribution in [0.5, 0.6) is 0 Å². The number of nitrogens with one attached hydrogen (secondary N) is 1. The van der Waals surface area contributed by atoms with Gasteiger partial charge < -0.3 is 11.1 Å². The van der Waals surface area contributed by atoms with E-state index in [0.717, 1.165) is 11.4 Å². The number of pyridine rings is 1. The second-order valence-electron chi connectivity index (χ2n) is 4.05. The first-order valence-corrected chi connectivity index (χ1v) is 5.68. The highest BCUT2D eigenvalue weighted by Gasteiger charge is 2.06. The van der Waals surface area contributed by atoms with Crippen LogP contribution in [0.25, 0.3) is 0 Å². The Kier molecular flexibility index (Phi) is 3.44. The number of benzene rings is 1. The van der Waals surface area contributed by atoms with Crippen LogP contribution in [0.3, 0.4) is 0 Å². The number of rotatable bonds is 3. The number of nitriles is 1. The predicted molar refractivity (Wildman–Crippen MR) is 71.8 cm³/mol. The van der Waals surface area contributed by atoms with Gasteiger partial charge in [-0.3, -0.25) is 0 Å². The van der Waals surface area contributed by atoms with E-state index in [1.165, 1.54) is 0 Å². The number of nitrogens with zero attached hydrogens (tertiary/aromatic N) is 2. The van der Waals surface area contributed by atoms with Crippen LogP contribution in [0.1, 0.15) is 24.1 Å². The number of hydrogen-bond donors (Lipinski definition) is 2. The van der Waals surface area contributed by atoms with Gasteiger partial charge in [-0.1, -0.05) is 18.2 Å². The molecule has 2 rings (SSSR count). The lowest BCUT2D eigenvalue weighted by molar-refractivity contribution is 0.875. The SMILES string of the molecule is CC(Nc1cccc(N)n1)c1ccc(C#N)cc1. The van der Waals surface area contributed by atoms with Gasteiger partial charge in [-0.05, 0) is 36.8 Å². The monoisotopic (exact) mass is 238 g/mol. The average Bonchev–Trinajstić information content (AvgIpc) is 2.39. The summed E-state index contributed by atoms with van der Waals surface area (Å²) in [6.45, 7) is 2.03. The molecule has 0 bridgehead atoms. The number of nitrogen functional groups attached to an aromatic ring is 1. The van der Waals surface area contributed by atoms with E-state index in [4.69, 9.17) is 11.0 Å². The zero-order chi connectivity index (χ0) is 13.0. The maximum absolute atomic E-state index is 8.74. The van der Waals surface area contributed by atoms with E-state index < -0.39 is 0 Å². The van der Waals surface area contributed by atoms with Crippen molar-refractivity contribution in [2.45, 2.75) is 13.0 Å². The minimum absolute atomic E-state index is 0.104. The molecule has 0 aliphatic heterocycles. The largest absolute Gasteiger partial charge is 0.384 e. The third-order valence-electron chi connectivity index (χ3n) is 2.67. The topological polar surface area (TPSA) is 74.7 Å². The molecule has 0 saturated carbocycles. The first kappa shape index (κ1) is 11.9. The number of aromatic nitrogens is 1. The maximum Gasteiger partial charge on any atom is 0.128 e. The number of hydrogen-bond acceptors (Lipinski definition) is 4. The van der Waals surface area contributed by atoms with Crippen molar-refractivity contribution < 1.29 is 0 Å². The second-order valence-corrected chi connectivity index (χ2v) is 4.05. The number of nitrogens with two attached hydrogens (primary N) is 1. The molecule has 1 aromatic heterocycles. The lowest BCUT2D eigenvalue weighted by atomic mass is 10.1. The van der Waals surface area contributed by atoms with Crippen molar-refractivity contribution in [2.24, 2.45) is 0 Å². The first-order valence-electron chi connectivity index (χ1n) is 5.68. The zero-order valence-corrected chi connectivity index (χ0v) is 10.1. The van der Waals surface area contributed by atoms with Gasteiger partial charge in [-0.25, -0.2) is 4.98 Å². The molecule has 2 aromatic rings. The van der Waals surface area contributed by atoms with Crippen LogP contribution in [0, 0.1) is 11.3 Å². The molecular formula is C14H14N4. The molecule has 0 aliphatic carbocycles. The van der Waals surface area contributed by atoms with Crippen molar-refractivity contribution in [3.8, 4) is 6.07 Å². The fraction of sp³-hybridized carbons (Fsp3) is 0.143. The van der Waals surface area contributed by atoms with E-state index in [1.54, 1.807) is 18.2 Å². The molecular weight excluding hydrogens is 224 g/mol. The van der Waals surface area contributed by atoms with Crippen molar-refractivity contribution in [1.82, 2.24) is 4.98 Å². The minimum atomic E-state index is 0.104. The third-order valence-corrected chi connectivity index (χ3v) is 2.67.